The first-order valence-electron chi connectivity index (χ1n) is 4.91. The molecule has 1 saturated heterocycles. The monoisotopic (exact) mass is 202 g/mol. The van der Waals surface area contributed by atoms with Gasteiger partial charge in [0.2, 0.25) is 5.91 Å². The Balaban J connectivity index is 2.41. The van der Waals surface area contributed by atoms with Gasteiger partial charge in [-0.2, -0.15) is 0 Å². The van der Waals surface area contributed by atoms with Crippen LogP contribution in [0.5, 0.6) is 0 Å². The van der Waals surface area contributed by atoms with E-state index < -0.39 is 6.10 Å². The Bertz CT molecular complexity index is 198. The van der Waals surface area contributed by atoms with Crippen LogP contribution in [0.25, 0.3) is 0 Å². The summed E-state index contributed by atoms with van der Waals surface area (Å²) >= 11 is 0. The van der Waals surface area contributed by atoms with E-state index in [1.807, 2.05) is 6.92 Å². The molecule has 0 radical (unpaired) electrons. The van der Waals surface area contributed by atoms with Gasteiger partial charge in [-0.15, -0.1) is 0 Å². The van der Waals surface area contributed by atoms with Crippen LogP contribution in [0.15, 0.2) is 0 Å². The highest BCUT2D eigenvalue weighted by molar-refractivity contribution is 5.78. The van der Waals surface area contributed by atoms with Gasteiger partial charge in [0.15, 0.2) is 0 Å². The van der Waals surface area contributed by atoms with Crippen molar-refractivity contribution in [1.29, 1.82) is 0 Å². The van der Waals surface area contributed by atoms with Crippen molar-refractivity contribution >= 4 is 5.91 Å². The molecule has 82 valence electrons. The molecule has 5 heteroatoms. The molecule has 1 rings (SSSR count). The summed E-state index contributed by atoms with van der Waals surface area (Å²) in [5.74, 6) is 0.00810. The van der Waals surface area contributed by atoms with Gasteiger partial charge in [0.05, 0.1) is 12.6 Å². The van der Waals surface area contributed by atoms with Gasteiger partial charge in [0.1, 0.15) is 6.10 Å². The molecule has 2 atom stereocenters. The van der Waals surface area contributed by atoms with Gasteiger partial charge in [0.25, 0.3) is 0 Å². The van der Waals surface area contributed by atoms with Crippen molar-refractivity contribution in [3.63, 3.8) is 0 Å². The second-order valence-corrected chi connectivity index (χ2v) is 3.39. The standard InChI is InChI=1S/C9H18N2O3/c1-3-14-8-6-11(5-7(8)12)9(13)4-10-2/h7-8,10,12H,3-6H2,1-2H3/t7-,8+/m0/s1. The third kappa shape index (κ3) is 2.67. The normalized spacial score (nSPS) is 26.9. The highest BCUT2D eigenvalue weighted by Gasteiger charge is 2.33. The molecule has 0 aromatic carbocycles. The average Bonchev–Trinajstić information content (AvgIpc) is 2.49. The highest BCUT2D eigenvalue weighted by atomic mass is 16.5. The van der Waals surface area contributed by atoms with Crippen LogP contribution in [0.4, 0.5) is 0 Å². The number of amides is 1. The Labute approximate surface area is 84.0 Å². The molecule has 0 aromatic heterocycles. The summed E-state index contributed by atoms with van der Waals surface area (Å²) in [5, 5.41) is 12.4. The second-order valence-electron chi connectivity index (χ2n) is 3.39. The number of carbonyl (C=O) groups is 1. The Morgan fingerprint density at radius 1 is 1.64 bits per heavy atom. The summed E-state index contributed by atoms with van der Waals surface area (Å²) in [6.07, 6.45) is -0.767. The maximum atomic E-state index is 11.4. The predicted octanol–water partition coefficient (Wildman–Crippen LogP) is -1.19. The lowest BCUT2D eigenvalue weighted by atomic mass is 10.3. The van der Waals surface area contributed by atoms with Crippen molar-refractivity contribution in [2.24, 2.45) is 0 Å². The third-order valence-corrected chi connectivity index (χ3v) is 2.30. The molecular weight excluding hydrogens is 184 g/mol. The van der Waals surface area contributed by atoms with Crippen LogP contribution in [0.3, 0.4) is 0 Å². The number of carbonyl (C=O) groups excluding carboxylic acids is 1. The molecule has 14 heavy (non-hydrogen) atoms. The van der Waals surface area contributed by atoms with Crippen molar-refractivity contribution in [3.8, 4) is 0 Å². The minimum absolute atomic E-state index is 0.00810. The van der Waals surface area contributed by atoms with E-state index in [0.29, 0.717) is 26.2 Å². The minimum Gasteiger partial charge on any atom is -0.388 e. The van der Waals surface area contributed by atoms with E-state index in [-0.39, 0.29) is 12.0 Å². The molecule has 0 unspecified atom stereocenters. The smallest absolute Gasteiger partial charge is 0.236 e. The number of aliphatic hydroxyl groups excluding tert-OH is 1. The average molecular weight is 202 g/mol. The summed E-state index contributed by atoms with van der Waals surface area (Å²) < 4.78 is 5.31. The number of nitrogens with one attached hydrogen (secondary N) is 1. The lowest BCUT2D eigenvalue weighted by Gasteiger charge is -2.15. The zero-order valence-corrected chi connectivity index (χ0v) is 8.69. The number of hydrogen-bond acceptors (Lipinski definition) is 4. The summed E-state index contributed by atoms with van der Waals surface area (Å²) in [6.45, 7) is 3.63. The minimum atomic E-state index is -0.546. The van der Waals surface area contributed by atoms with Gasteiger partial charge < -0.3 is 20.1 Å². The van der Waals surface area contributed by atoms with Crippen LogP contribution < -0.4 is 5.32 Å². The number of nitrogens with zero attached hydrogens (tertiary/aromatic N) is 1. The van der Waals surface area contributed by atoms with E-state index in [2.05, 4.69) is 5.32 Å². The number of hydrogen-bond donors (Lipinski definition) is 2. The van der Waals surface area contributed by atoms with Gasteiger partial charge in [-0.3, -0.25) is 4.79 Å². The summed E-state index contributed by atoms with van der Waals surface area (Å²) in [6, 6.07) is 0. The first-order valence-corrected chi connectivity index (χ1v) is 4.91. The first-order chi connectivity index (χ1) is 6.69. The van der Waals surface area contributed by atoms with E-state index in [1.165, 1.54) is 0 Å². The fourth-order valence-electron chi connectivity index (χ4n) is 1.60. The Hall–Kier alpha value is -0.650. The number of aliphatic hydroxyl groups is 1. The van der Waals surface area contributed by atoms with E-state index in [4.69, 9.17) is 4.74 Å². The fraction of sp³-hybridized carbons (Fsp3) is 0.889. The van der Waals surface area contributed by atoms with Gasteiger partial charge >= 0.3 is 0 Å². The topological polar surface area (TPSA) is 61.8 Å². The molecule has 2 N–H and O–H groups in total. The Kier molecular flexibility index (Phi) is 4.31. The van der Waals surface area contributed by atoms with E-state index in [1.54, 1.807) is 11.9 Å². The van der Waals surface area contributed by atoms with Crippen molar-refractivity contribution < 1.29 is 14.6 Å². The molecule has 1 fully saturated rings. The van der Waals surface area contributed by atoms with Crippen molar-refractivity contribution in [3.05, 3.63) is 0 Å². The molecule has 0 saturated carbocycles. The molecule has 1 amide bonds. The number of likely N-dealkylation sites (N-methyl/N-ethyl adjacent to an activating group) is 1. The molecule has 5 nitrogen and oxygen atoms in total. The zero-order chi connectivity index (χ0) is 10.6. The Morgan fingerprint density at radius 3 is 2.93 bits per heavy atom. The van der Waals surface area contributed by atoms with Crippen LogP contribution in [-0.2, 0) is 9.53 Å². The fourth-order valence-corrected chi connectivity index (χ4v) is 1.60. The van der Waals surface area contributed by atoms with Crippen LogP contribution in [0, 0.1) is 0 Å². The van der Waals surface area contributed by atoms with Crippen molar-refractivity contribution in [2.75, 3.05) is 33.3 Å². The molecule has 1 aliphatic heterocycles. The van der Waals surface area contributed by atoms with Crippen LogP contribution >= 0.6 is 0 Å². The largest absolute Gasteiger partial charge is 0.388 e. The molecule has 0 aromatic rings. The van der Waals surface area contributed by atoms with Crippen LogP contribution in [-0.4, -0.2) is 61.4 Å². The maximum absolute atomic E-state index is 11.4. The van der Waals surface area contributed by atoms with Gasteiger partial charge in [-0.05, 0) is 14.0 Å². The number of rotatable bonds is 4. The van der Waals surface area contributed by atoms with E-state index >= 15 is 0 Å². The molecule has 0 bridgehead atoms. The summed E-state index contributed by atoms with van der Waals surface area (Å²) in [5.41, 5.74) is 0. The van der Waals surface area contributed by atoms with Crippen molar-refractivity contribution in [2.45, 2.75) is 19.1 Å². The molecule has 0 aliphatic carbocycles. The quantitative estimate of drug-likeness (QED) is 0.602. The SMILES string of the molecule is CCO[C@@H]1CN(C(=O)CNC)C[C@@H]1O. The molecule has 1 aliphatic rings. The maximum Gasteiger partial charge on any atom is 0.236 e. The number of β-amino-alcohol motifs (C(OH)–C–C–N with tert-alkyl or cyclic N) is 1. The van der Waals surface area contributed by atoms with Gasteiger partial charge in [0, 0.05) is 19.7 Å². The summed E-state index contributed by atoms with van der Waals surface area (Å²) in [4.78, 5) is 13.1. The summed E-state index contributed by atoms with van der Waals surface area (Å²) in [7, 11) is 1.73. The van der Waals surface area contributed by atoms with Crippen LogP contribution in [0.1, 0.15) is 6.92 Å². The zero-order valence-electron chi connectivity index (χ0n) is 8.69. The van der Waals surface area contributed by atoms with E-state index in [9.17, 15) is 9.90 Å². The number of likely N-dealkylation sites (tertiary alicyclic amines) is 1. The first kappa shape index (κ1) is 11.4. The van der Waals surface area contributed by atoms with Gasteiger partial charge in [-0.25, -0.2) is 0 Å². The lowest BCUT2D eigenvalue weighted by Crippen LogP contribution is -2.36. The Morgan fingerprint density at radius 2 is 2.36 bits per heavy atom. The lowest BCUT2D eigenvalue weighted by molar-refractivity contribution is -0.129. The second kappa shape index (κ2) is 5.29. The number of ether oxygens (including phenoxy) is 1. The predicted molar refractivity (Wildman–Crippen MR) is 51.9 cm³/mol. The highest BCUT2D eigenvalue weighted by Crippen LogP contribution is 2.13. The third-order valence-electron chi connectivity index (χ3n) is 2.30. The molecule has 1 heterocycles. The molecule has 0 spiro atoms. The molecular formula is C9H18N2O3. The van der Waals surface area contributed by atoms with Crippen LogP contribution in [0.2, 0.25) is 0 Å². The van der Waals surface area contributed by atoms with E-state index in [0.717, 1.165) is 0 Å². The van der Waals surface area contributed by atoms with Gasteiger partial charge in [-0.1, -0.05) is 0 Å². The van der Waals surface area contributed by atoms with Crippen molar-refractivity contribution in [1.82, 2.24) is 10.2 Å².